The van der Waals surface area contributed by atoms with Gasteiger partial charge < -0.3 is 10.6 Å². The van der Waals surface area contributed by atoms with Crippen LogP contribution in [0.5, 0.6) is 0 Å². The molecule has 1 fully saturated rings. The molecule has 1 aromatic heterocycles. The van der Waals surface area contributed by atoms with E-state index < -0.39 is 4.92 Å². The predicted octanol–water partition coefficient (Wildman–Crippen LogP) is 2.14. The Morgan fingerprint density at radius 3 is 2.73 bits per heavy atom. The van der Waals surface area contributed by atoms with E-state index in [1.54, 1.807) is 16.8 Å². The summed E-state index contributed by atoms with van der Waals surface area (Å²) in [5.41, 5.74) is 2.73. The van der Waals surface area contributed by atoms with E-state index in [-0.39, 0.29) is 11.6 Å². The van der Waals surface area contributed by atoms with E-state index in [2.05, 4.69) is 15.7 Å². The summed E-state index contributed by atoms with van der Waals surface area (Å²) < 4.78 is 1.73. The van der Waals surface area contributed by atoms with Gasteiger partial charge in [-0.3, -0.25) is 19.6 Å². The topological polar surface area (TPSA) is 102 Å². The molecule has 8 heteroatoms. The lowest BCUT2D eigenvalue weighted by atomic mass is 10.1. The molecule has 138 valence electrons. The van der Waals surface area contributed by atoms with Crippen LogP contribution in [0.15, 0.2) is 30.5 Å². The molecule has 1 amide bonds. The van der Waals surface area contributed by atoms with Gasteiger partial charge in [0.25, 0.3) is 5.69 Å². The smallest absolute Gasteiger partial charge is 0.269 e. The minimum atomic E-state index is -0.413. The normalized spacial score (nSPS) is 13.6. The second-order valence-corrected chi connectivity index (χ2v) is 6.60. The van der Waals surface area contributed by atoms with Crippen molar-refractivity contribution in [3.63, 3.8) is 0 Å². The Morgan fingerprint density at radius 2 is 2.08 bits per heavy atom. The lowest BCUT2D eigenvalue weighted by Gasteiger charge is -2.06. The first-order chi connectivity index (χ1) is 12.5. The van der Waals surface area contributed by atoms with E-state index in [0.29, 0.717) is 19.0 Å². The summed E-state index contributed by atoms with van der Waals surface area (Å²) in [4.78, 5) is 22.0. The molecule has 26 heavy (non-hydrogen) atoms. The van der Waals surface area contributed by atoms with Crippen LogP contribution < -0.4 is 10.6 Å². The molecular formula is C18H23N5O3. The maximum absolute atomic E-state index is 11.6. The number of carbonyl (C=O) groups is 1. The number of aromatic nitrogens is 2. The van der Waals surface area contributed by atoms with E-state index >= 15 is 0 Å². The second-order valence-electron chi connectivity index (χ2n) is 6.60. The molecule has 1 aliphatic rings. The maximum atomic E-state index is 11.6. The van der Waals surface area contributed by atoms with Gasteiger partial charge in [0.05, 0.1) is 10.6 Å². The maximum Gasteiger partial charge on any atom is 0.269 e. The summed E-state index contributed by atoms with van der Waals surface area (Å²) in [5, 5.41) is 21.6. The molecule has 0 atom stereocenters. The summed E-state index contributed by atoms with van der Waals surface area (Å²) >= 11 is 0. The van der Waals surface area contributed by atoms with Gasteiger partial charge in [-0.15, -0.1) is 0 Å². The van der Waals surface area contributed by atoms with Crippen LogP contribution in [0.1, 0.15) is 31.2 Å². The number of hydrogen-bond acceptors (Lipinski definition) is 5. The lowest BCUT2D eigenvalue weighted by molar-refractivity contribution is -0.384. The number of amides is 1. The van der Waals surface area contributed by atoms with Crippen molar-refractivity contribution in [3.8, 4) is 11.3 Å². The number of aryl methyl sites for hydroxylation is 1. The van der Waals surface area contributed by atoms with Gasteiger partial charge in [-0.05, 0) is 37.9 Å². The summed E-state index contributed by atoms with van der Waals surface area (Å²) in [6.07, 6.45) is 5.47. The van der Waals surface area contributed by atoms with Crippen molar-refractivity contribution in [1.82, 2.24) is 20.4 Å². The number of nitrogens with zero attached hydrogens (tertiary/aromatic N) is 3. The van der Waals surface area contributed by atoms with E-state index in [1.807, 2.05) is 13.2 Å². The molecule has 0 radical (unpaired) electrons. The van der Waals surface area contributed by atoms with E-state index in [1.165, 1.54) is 12.1 Å². The zero-order chi connectivity index (χ0) is 18.5. The molecule has 0 spiro atoms. The van der Waals surface area contributed by atoms with Crippen LogP contribution in [-0.4, -0.2) is 33.2 Å². The van der Waals surface area contributed by atoms with Crippen molar-refractivity contribution in [1.29, 1.82) is 0 Å². The fourth-order valence-electron chi connectivity index (χ4n) is 2.78. The SMILES string of the molecule is Cn1cc(CNCCCC(=O)NC2CC2)c(-c2ccc([N+](=O)[O-])cc2)n1. The highest BCUT2D eigenvalue weighted by Gasteiger charge is 2.22. The Hall–Kier alpha value is -2.74. The first-order valence-electron chi connectivity index (χ1n) is 8.80. The van der Waals surface area contributed by atoms with Crippen molar-refractivity contribution in [2.45, 2.75) is 38.3 Å². The first-order valence-corrected chi connectivity index (χ1v) is 8.80. The molecule has 0 saturated heterocycles. The highest BCUT2D eigenvalue weighted by molar-refractivity contribution is 5.76. The van der Waals surface area contributed by atoms with Gasteiger partial charge in [0.1, 0.15) is 0 Å². The molecule has 2 N–H and O–H groups in total. The number of rotatable bonds is 9. The summed E-state index contributed by atoms with van der Waals surface area (Å²) in [6, 6.07) is 6.81. The van der Waals surface area contributed by atoms with Crippen LogP contribution >= 0.6 is 0 Å². The van der Waals surface area contributed by atoms with Crippen molar-refractivity contribution >= 4 is 11.6 Å². The van der Waals surface area contributed by atoms with Gasteiger partial charge in [0.15, 0.2) is 0 Å². The van der Waals surface area contributed by atoms with Gasteiger partial charge in [-0.2, -0.15) is 5.10 Å². The number of benzene rings is 1. The van der Waals surface area contributed by atoms with E-state index in [9.17, 15) is 14.9 Å². The Balaban J connectivity index is 1.51. The molecule has 0 bridgehead atoms. The van der Waals surface area contributed by atoms with Crippen LogP contribution in [0.3, 0.4) is 0 Å². The van der Waals surface area contributed by atoms with Crippen LogP contribution in [0.4, 0.5) is 5.69 Å². The predicted molar refractivity (Wildman–Crippen MR) is 97.4 cm³/mol. The minimum absolute atomic E-state index is 0.0637. The zero-order valence-corrected chi connectivity index (χ0v) is 14.8. The third-order valence-electron chi connectivity index (χ3n) is 4.27. The minimum Gasteiger partial charge on any atom is -0.353 e. The van der Waals surface area contributed by atoms with Crippen molar-refractivity contribution < 1.29 is 9.72 Å². The van der Waals surface area contributed by atoms with E-state index in [4.69, 9.17) is 0 Å². The molecular weight excluding hydrogens is 334 g/mol. The van der Waals surface area contributed by atoms with E-state index in [0.717, 1.165) is 42.6 Å². The average molecular weight is 357 g/mol. The summed E-state index contributed by atoms with van der Waals surface area (Å²) in [7, 11) is 1.85. The van der Waals surface area contributed by atoms with Crippen LogP contribution in [-0.2, 0) is 18.4 Å². The second kappa shape index (κ2) is 8.09. The largest absolute Gasteiger partial charge is 0.353 e. The van der Waals surface area contributed by atoms with Crippen molar-refractivity contribution in [2.24, 2.45) is 7.05 Å². The third kappa shape index (κ3) is 4.89. The number of nitro benzene ring substituents is 1. The van der Waals surface area contributed by atoms with Crippen molar-refractivity contribution in [3.05, 3.63) is 46.1 Å². The average Bonchev–Trinajstić information content (AvgIpc) is 3.34. The molecule has 1 saturated carbocycles. The van der Waals surface area contributed by atoms with Crippen LogP contribution in [0.2, 0.25) is 0 Å². The third-order valence-corrected chi connectivity index (χ3v) is 4.27. The zero-order valence-electron chi connectivity index (χ0n) is 14.8. The molecule has 1 heterocycles. The fraction of sp³-hybridized carbons (Fsp3) is 0.444. The molecule has 1 aliphatic carbocycles. The van der Waals surface area contributed by atoms with Gasteiger partial charge in [0, 0.05) is 55.5 Å². The standard InChI is InChI=1S/C18H23N5O3/c1-22-12-14(11-19-10-2-3-17(24)20-15-6-7-15)18(21-22)13-4-8-16(9-5-13)23(25)26/h4-5,8-9,12,15,19H,2-3,6-7,10-11H2,1H3,(H,20,24). The Kier molecular flexibility index (Phi) is 5.62. The Bertz CT molecular complexity index is 781. The molecule has 0 aliphatic heterocycles. The van der Waals surface area contributed by atoms with Crippen LogP contribution in [0, 0.1) is 10.1 Å². The molecule has 8 nitrogen and oxygen atoms in total. The van der Waals surface area contributed by atoms with Gasteiger partial charge in [-0.25, -0.2) is 0 Å². The monoisotopic (exact) mass is 357 g/mol. The highest BCUT2D eigenvalue weighted by Crippen LogP contribution is 2.24. The molecule has 1 aromatic carbocycles. The number of nitro groups is 1. The first kappa shape index (κ1) is 18.1. The molecule has 0 unspecified atom stereocenters. The Morgan fingerprint density at radius 1 is 1.35 bits per heavy atom. The van der Waals surface area contributed by atoms with Crippen LogP contribution in [0.25, 0.3) is 11.3 Å². The van der Waals surface area contributed by atoms with Gasteiger partial charge in [-0.1, -0.05) is 0 Å². The number of hydrogen-bond donors (Lipinski definition) is 2. The summed E-state index contributed by atoms with van der Waals surface area (Å²) in [5.74, 6) is 0.127. The van der Waals surface area contributed by atoms with Crippen molar-refractivity contribution in [2.75, 3.05) is 6.54 Å². The fourth-order valence-corrected chi connectivity index (χ4v) is 2.78. The lowest BCUT2D eigenvalue weighted by Crippen LogP contribution is -2.26. The molecule has 2 aromatic rings. The Labute approximate surface area is 151 Å². The molecule has 3 rings (SSSR count). The number of nitrogens with one attached hydrogen (secondary N) is 2. The summed E-state index contributed by atoms with van der Waals surface area (Å²) in [6.45, 7) is 1.37. The van der Waals surface area contributed by atoms with Gasteiger partial charge >= 0.3 is 0 Å². The quantitative estimate of drug-likeness (QED) is 0.407. The highest BCUT2D eigenvalue weighted by atomic mass is 16.6. The number of non-ortho nitro benzene ring substituents is 1. The van der Waals surface area contributed by atoms with Gasteiger partial charge in [0.2, 0.25) is 5.91 Å². The number of carbonyl (C=O) groups excluding carboxylic acids is 1.